The zero-order chi connectivity index (χ0) is 17.0. The zero-order valence-corrected chi connectivity index (χ0v) is 14.2. The molecule has 3 heterocycles. The summed E-state index contributed by atoms with van der Waals surface area (Å²) < 4.78 is 15.9. The van der Waals surface area contributed by atoms with Crippen molar-refractivity contribution < 1.29 is 4.39 Å². The van der Waals surface area contributed by atoms with Gasteiger partial charge in [0, 0.05) is 30.3 Å². The molecule has 2 aliphatic rings. The third-order valence-electron chi connectivity index (χ3n) is 4.93. The lowest BCUT2D eigenvalue weighted by atomic mass is 10.0. The highest BCUT2D eigenvalue weighted by Crippen LogP contribution is 2.37. The maximum Gasteiger partial charge on any atom is 0.141 e. The topological polar surface area (TPSA) is 30.2 Å². The van der Waals surface area contributed by atoms with Gasteiger partial charge in [-0.15, -0.1) is 0 Å². The van der Waals surface area contributed by atoms with Crippen molar-refractivity contribution in [3.8, 4) is 22.5 Å². The third kappa shape index (κ3) is 2.32. The summed E-state index contributed by atoms with van der Waals surface area (Å²) in [5.41, 5.74) is 6.32. The van der Waals surface area contributed by atoms with E-state index in [1.165, 1.54) is 11.6 Å². The van der Waals surface area contributed by atoms with Crippen molar-refractivity contribution in [2.75, 3.05) is 0 Å². The minimum atomic E-state index is -0.410. The summed E-state index contributed by atoms with van der Waals surface area (Å²) in [6.07, 6.45) is 4.00. The molecule has 0 amide bonds. The molecule has 3 nitrogen and oxygen atoms in total. The lowest BCUT2D eigenvalue weighted by Crippen LogP contribution is -1.97. The van der Waals surface area contributed by atoms with Crippen molar-refractivity contribution in [2.24, 2.45) is 4.99 Å². The van der Waals surface area contributed by atoms with Crippen LogP contribution in [0.1, 0.15) is 23.4 Å². The van der Waals surface area contributed by atoms with Crippen LogP contribution in [0, 0.1) is 5.82 Å². The van der Waals surface area contributed by atoms with Gasteiger partial charge < -0.3 is 4.57 Å². The van der Waals surface area contributed by atoms with Gasteiger partial charge in [0.15, 0.2) is 0 Å². The molecule has 0 spiro atoms. The zero-order valence-electron chi connectivity index (χ0n) is 13.5. The van der Waals surface area contributed by atoms with E-state index in [4.69, 9.17) is 16.6 Å². The van der Waals surface area contributed by atoms with Crippen LogP contribution in [0.25, 0.3) is 22.5 Å². The first-order chi connectivity index (χ1) is 12.2. The van der Waals surface area contributed by atoms with Crippen molar-refractivity contribution in [1.29, 1.82) is 0 Å². The average Bonchev–Trinajstić information content (AvgIpc) is 3.31. The van der Waals surface area contributed by atoms with E-state index in [-0.39, 0.29) is 5.02 Å². The molecular formula is C20H15ClFN3. The second kappa shape index (κ2) is 5.53. The number of aryl methyl sites for hydroxylation is 1. The summed E-state index contributed by atoms with van der Waals surface area (Å²) in [5.74, 6) is 0.673. The number of halogens is 2. The molecule has 1 aromatic heterocycles. The Hall–Kier alpha value is -2.46. The number of benzene rings is 2. The first-order valence-electron chi connectivity index (χ1n) is 8.38. The van der Waals surface area contributed by atoms with Gasteiger partial charge >= 0.3 is 0 Å². The molecule has 0 saturated heterocycles. The highest BCUT2D eigenvalue weighted by atomic mass is 35.5. The number of rotatable bonds is 2. The molecule has 0 radical (unpaired) electrons. The summed E-state index contributed by atoms with van der Waals surface area (Å²) >= 11 is 6.01. The van der Waals surface area contributed by atoms with E-state index >= 15 is 0 Å². The van der Waals surface area contributed by atoms with Crippen LogP contribution in [0.15, 0.2) is 41.4 Å². The fourth-order valence-electron chi connectivity index (χ4n) is 3.71. The minimum absolute atomic E-state index is 0.123. The number of aromatic nitrogens is 2. The fourth-order valence-corrected chi connectivity index (χ4v) is 3.89. The molecule has 5 heteroatoms. The summed E-state index contributed by atoms with van der Waals surface area (Å²) in [7, 11) is 0. The smallest absolute Gasteiger partial charge is 0.141 e. The Bertz CT molecular complexity index is 1040. The third-order valence-corrected chi connectivity index (χ3v) is 5.22. The van der Waals surface area contributed by atoms with Crippen molar-refractivity contribution in [1.82, 2.24) is 9.55 Å². The Balaban J connectivity index is 1.73. The van der Waals surface area contributed by atoms with Crippen LogP contribution < -0.4 is 0 Å². The van der Waals surface area contributed by atoms with Gasteiger partial charge in [0.1, 0.15) is 11.6 Å². The maximum atomic E-state index is 13.6. The van der Waals surface area contributed by atoms with Crippen LogP contribution in [-0.2, 0) is 19.5 Å². The Morgan fingerprint density at radius 1 is 1.08 bits per heavy atom. The Kier molecular flexibility index (Phi) is 3.28. The molecule has 0 fully saturated rings. The number of hydrogen-bond donors (Lipinski definition) is 0. The summed E-state index contributed by atoms with van der Waals surface area (Å²) in [6.45, 7) is 1.71. The van der Waals surface area contributed by atoms with E-state index in [9.17, 15) is 4.39 Å². The van der Waals surface area contributed by atoms with Crippen LogP contribution in [0.4, 0.5) is 4.39 Å². The predicted molar refractivity (Wildman–Crippen MR) is 97.7 cm³/mol. The fraction of sp³-hybridized carbons (Fsp3) is 0.200. The minimum Gasteiger partial charge on any atom is -0.327 e. The van der Waals surface area contributed by atoms with E-state index in [1.54, 1.807) is 12.1 Å². The van der Waals surface area contributed by atoms with Gasteiger partial charge in [0.25, 0.3) is 0 Å². The van der Waals surface area contributed by atoms with Crippen LogP contribution >= 0.6 is 11.6 Å². The van der Waals surface area contributed by atoms with Crippen LogP contribution in [0.3, 0.4) is 0 Å². The molecule has 0 N–H and O–H groups in total. The van der Waals surface area contributed by atoms with E-state index in [2.05, 4.69) is 27.8 Å². The first-order valence-corrected chi connectivity index (χ1v) is 8.76. The van der Waals surface area contributed by atoms with Gasteiger partial charge in [-0.1, -0.05) is 23.7 Å². The average molecular weight is 352 g/mol. The second-order valence-electron chi connectivity index (χ2n) is 6.49. The largest absolute Gasteiger partial charge is 0.327 e. The van der Waals surface area contributed by atoms with Gasteiger partial charge in [-0.3, -0.25) is 4.99 Å². The SMILES string of the molecule is Fc1ccc(-c2nc3n(c2-c2ccc4c(c2)C=NC4)CCC3)cc1Cl. The lowest BCUT2D eigenvalue weighted by molar-refractivity contribution is 0.628. The van der Waals surface area contributed by atoms with E-state index in [0.717, 1.165) is 59.8 Å². The number of imidazole rings is 1. The predicted octanol–water partition coefficient (Wildman–Crippen LogP) is 4.89. The van der Waals surface area contributed by atoms with Gasteiger partial charge in [-0.2, -0.15) is 0 Å². The monoisotopic (exact) mass is 351 g/mol. The van der Waals surface area contributed by atoms with Crippen LogP contribution in [0.5, 0.6) is 0 Å². The summed E-state index contributed by atoms with van der Waals surface area (Å²) in [5, 5.41) is 0.123. The summed E-state index contributed by atoms with van der Waals surface area (Å²) in [4.78, 5) is 9.19. The molecule has 0 unspecified atom stereocenters. The van der Waals surface area contributed by atoms with Crippen molar-refractivity contribution in [2.45, 2.75) is 25.9 Å². The Morgan fingerprint density at radius 3 is 2.84 bits per heavy atom. The molecular weight excluding hydrogens is 337 g/mol. The van der Waals surface area contributed by atoms with E-state index in [0.29, 0.717) is 0 Å². The molecule has 25 heavy (non-hydrogen) atoms. The van der Waals surface area contributed by atoms with Gasteiger partial charge in [0.05, 0.1) is 23.0 Å². The molecule has 124 valence electrons. The highest BCUT2D eigenvalue weighted by Gasteiger charge is 2.24. The van der Waals surface area contributed by atoms with Crippen LogP contribution in [0.2, 0.25) is 5.02 Å². The van der Waals surface area contributed by atoms with Crippen molar-refractivity contribution in [3.63, 3.8) is 0 Å². The quantitative estimate of drug-likeness (QED) is 0.646. The number of nitrogens with zero attached hydrogens (tertiary/aromatic N) is 3. The van der Waals surface area contributed by atoms with E-state index in [1.807, 2.05) is 6.21 Å². The van der Waals surface area contributed by atoms with Crippen molar-refractivity contribution >= 4 is 17.8 Å². The molecule has 2 aromatic carbocycles. The molecule has 0 bridgehead atoms. The molecule has 0 aliphatic carbocycles. The Morgan fingerprint density at radius 2 is 1.96 bits per heavy atom. The van der Waals surface area contributed by atoms with Crippen LogP contribution in [-0.4, -0.2) is 15.8 Å². The number of aliphatic imine (C=N–C) groups is 1. The molecule has 2 aliphatic heterocycles. The second-order valence-corrected chi connectivity index (χ2v) is 6.90. The Labute approximate surface area is 149 Å². The van der Waals surface area contributed by atoms with Gasteiger partial charge in [-0.05, 0) is 41.8 Å². The summed E-state index contributed by atoms with van der Waals surface area (Å²) in [6, 6.07) is 11.2. The number of fused-ring (bicyclic) bond motifs is 2. The van der Waals surface area contributed by atoms with Gasteiger partial charge in [0.2, 0.25) is 0 Å². The normalized spacial score (nSPS) is 14.8. The molecule has 5 rings (SSSR count). The lowest BCUT2D eigenvalue weighted by Gasteiger charge is -2.10. The standard InChI is InChI=1S/C20H15ClFN3/c21-16-9-12(5-6-17(16)22)19-20(25-7-1-2-18(25)24-19)13-3-4-14-10-23-11-15(14)8-13/h3-6,8-9,11H,1-2,7,10H2. The molecule has 0 saturated carbocycles. The maximum absolute atomic E-state index is 13.6. The first kappa shape index (κ1) is 14.8. The van der Waals surface area contributed by atoms with Gasteiger partial charge in [-0.25, -0.2) is 9.37 Å². The van der Waals surface area contributed by atoms with Crippen molar-refractivity contribution in [3.05, 3.63) is 64.2 Å². The van der Waals surface area contributed by atoms with E-state index < -0.39 is 5.82 Å². The molecule has 3 aromatic rings. The molecule has 0 atom stereocenters. The highest BCUT2D eigenvalue weighted by molar-refractivity contribution is 6.31. The number of hydrogen-bond acceptors (Lipinski definition) is 2.